The predicted molar refractivity (Wildman–Crippen MR) is 65.2 cm³/mol. The molecule has 1 aliphatic rings. The summed E-state index contributed by atoms with van der Waals surface area (Å²) in [6, 6.07) is 0. The summed E-state index contributed by atoms with van der Waals surface area (Å²) in [5, 5.41) is 0. The smallest absolute Gasteiger partial charge is 0.245 e. The normalized spacial score (nSPS) is 18.7. The molecule has 84 valence electrons. The third-order valence-corrected chi connectivity index (χ3v) is 2.70. The first-order chi connectivity index (χ1) is 7.13. The van der Waals surface area contributed by atoms with Gasteiger partial charge in [0.2, 0.25) is 13.3 Å². The maximum Gasteiger partial charge on any atom is 0.245 e. The number of hydrogen-bond acceptors (Lipinski definition) is 2. The van der Waals surface area contributed by atoms with Crippen LogP contribution in [0.25, 0.3) is 0 Å². The number of carbonyl (C=O) groups is 1. The molecule has 0 aliphatic carbocycles. The highest BCUT2D eigenvalue weighted by Crippen LogP contribution is 2.07. The number of hydrogen-bond donors (Lipinski definition) is 0. The lowest BCUT2D eigenvalue weighted by atomic mass is 9.76. The second-order valence-corrected chi connectivity index (χ2v) is 4.58. The minimum Gasteiger partial charge on any atom is -0.343 e. The van der Waals surface area contributed by atoms with Crippen molar-refractivity contribution in [2.45, 2.75) is 26.1 Å². The first kappa shape index (κ1) is 12.3. The summed E-state index contributed by atoms with van der Waals surface area (Å²) in [4.78, 5) is 15.8. The van der Waals surface area contributed by atoms with Crippen LogP contribution < -0.4 is 0 Å². The Kier molecular flexibility index (Phi) is 4.89. The lowest BCUT2D eigenvalue weighted by Crippen LogP contribution is -2.36. The van der Waals surface area contributed by atoms with E-state index in [0.717, 1.165) is 40.0 Å². The molecule has 1 rings (SSSR count). The van der Waals surface area contributed by atoms with Gasteiger partial charge < -0.3 is 9.71 Å². The van der Waals surface area contributed by atoms with Gasteiger partial charge in [-0.2, -0.15) is 0 Å². The number of nitrogens with zero attached hydrogens (tertiary/aromatic N) is 2. The van der Waals surface area contributed by atoms with Crippen LogP contribution in [0.1, 0.15) is 20.3 Å². The van der Waals surface area contributed by atoms with E-state index in [4.69, 9.17) is 0 Å². The zero-order chi connectivity index (χ0) is 11.3. The molecule has 0 aromatic heterocycles. The van der Waals surface area contributed by atoms with Crippen molar-refractivity contribution in [3.05, 3.63) is 12.7 Å². The second kappa shape index (κ2) is 5.96. The number of rotatable bonds is 3. The monoisotopic (exact) mass is 208 g/mol. The van der Waals surface area contributed by atoms with Crippen LogP contribution in [0.5, 0.6) is 0 Å². The second-order valence-electron chi connectivity index (χ2n) is 4.58. The van der Waals surface area contributed by atoms with Crippen LogP contribution >= 0.6 is 0 Å². The van der Waals surface area contributed by atoms with Crippen molar-refractivity contribution < 1.29 is 4.79 Å². The summed E-state index contributed by atoms with van der Waals surface area (Å²) in [5.74, 6) is 0.771. The van der Waals surface area contributed by atoms with Gasteiger partial charge in [0.15, 0.2) is 0 Å². The molecule has 15 heavy (non-hydrogen) atoms. The Labute approximate surface area is 93.4 Å². The van der Waals surface area contributed by atoms with Gasteiger partial charge >= 0.3 is 0 Å². The molecule has 0 aromatic carbocycles. The van der Waals surface area contributed by atoms with Gasteiger partial charge in [-0.3, -0.25) is 4.79 Å². The molecular formula is C11H21BN2O. The minimum absolute atomic E-state index is 0.0707. The highest BCUT2D eigenvalue weighted by atomic mass is 16.2. The van der Waals surface area contributed by atoms with Crippen LogP contribution in [0.15, 0.2) is 12.7 Å². The van der Waals surface area contributed by atoms with Crippen LogP contribution in [-0.2, 0) is 4.79 Å². The third kappa shape index (κ3) is 4.08. The summed E-state index contributed by atoms with van der Waals surface area (Å²) in [7, 11) is 1.14. The molecule has 0 radical (unpaired) electrons. The Morgan fingerprint density at radius 3 is 2.67 bits per heavy atom. The standard InChI is InChI=1S/C11H21BN2O/c1-4-11(15)13-6-5-7-14(9-8-13)12-10(2)3/h4,10,12H,1,5-9H2,2-3H3. The van der Waals surface area contributed by atoms with Crippen molar-refractivity contribution >= 4 is 13.3 Å². The Bertz CT molecular complexity index is 231. The zero-order valence-electron chi connectivity index (χ0n) is 9.91. The molecule has 3 nitrogen and oxygen atoms in total. The quantitative estimate of drug-likeness (QED) is 0.508. The fraction of sp³-hybridized carbons (Fsp3) is 0.727. The molecule has 1 saturated heterocycles. The summed E-state index contributed by atoms with van der Waals surface area (Å²) in [5.41, 5.74) is 0. The molecule has 0 saturated carbocycles. The largest absolute Gasteiger partial charge is 0.343 e. The average Bonchev–Trinajstić information content (AvgIpc) is 2.41. The van der Waals surface area contributed by atoms with Gasteiger partial charge in [-0.15, -0.1) is 0 Å². The van der Waals surface area contributed by atoms with E-state index in [9.17, 15) is 4.79 Å². The van der Waals surface area contributed by atoms with E-state index in [2.05, 4.69) is 25.2 Å². The Morgan fingerprint density at radius 2 is 2.07 bits per heavy atom. The van der Waals surface area contributed by atoms with Crippen LogP contribution in [0.3, 0.4) is 0 Å². The predicted octanol–water partition coefficient (Wildman–Crippen LogP) is 0.887. The molecule has 1 heterocycles. The van der Waals surface area contributed by atoms with Crippen LogP contribution in [-0.4, -0.2) is 49.2 Å². The fourth-order valence-electron chi connectivity index (χ4n) is 2.02. The van der Waals surface area contributed by atoms with Gasteiger partial charge in [0.1, 0.15) is 0 Å². The Balaban J connectivity index is 2.41. The summed E-state index contributed by atoms with van der Waals surface area (Å²) >= 11 is 0. The van der Waals surface area contributed by atoms with Gasteiger partial charge in [-0.05, 0) is 19.0 Å². The van der Waals surface area contributed by atoms with E-state index in [0.29, 0.717) is 5.82 Å². The highest BCUT2D eigenvalue weighted by molar-refractivity contribution is 6.33. The maximum atomic E-state index is 11.4. The van der Waals surface area contributed by atoms with Gasteiger partial charge in [-0.25, -0.2) is 0 Å². The molecule has 1 fully saturated rings. The molecule has 0 N–H and O–H groups in total. The lowest BCUT2D eigenvalue weighted by molar-refractivity contribution is -0.125. The van der Waals surface area contributed by atoms with Crippen molar-refractivity contribution in [2.24, 2.45) is 0 Å². The van der Waals surface area contributed by atoms with Crippen molar-refractivity contribution in [2.75, 3.05) is 26.2 Å². The first-order valence-corrected chi connectivity index (χ1v) is 5.77. The molecule has 0 unspecified atom stereocenters. The molecule has 1 aliphatic heterocycles. The molecule has 4 heteroatoms. The third-order valence-electron chi connectivity index (χ3n) is 2.70. The van der Waals surface area contributed by atoms with Gasteiger partial charge in [0.25, 0.3) is 0 Å². The SMILES string of the molecule is C=CC(=O)N1CCCN(BC(C)C)CC1. The van der Waals surface area contributed by atoms with Gasteiger partial charge in [-0.1, -0.05) is 26.2 Å². The average molecular weight is 208 g/mol. The topological polar surface area (TPSA) is 23.6 Å². The van der Waals surface area contributed by atoms with E-state index in [-0.39, 0.29) is 5.91 Å². The van der Waals surface area contributed by atoms with E-state index in [1.807, 2.05) is 4.90 Å². The van der Waals surface area contributed by atoms with Gasteiger partial charge in [0, 0.05) is 19.6 Å². The molecule has 0 aromatic rings. The minimum atomic E-state index is 0.0707. The summed E-state index contributed by atoms with van der Waals surface area (Å²) < 4.78 is 0. The van der Waals surface area contributed by atoms with Crippen molar-refractivity contribution in [1.29, 1.82) is 0 Å². The maximum absolute atomic E-state index is 11.4. The Hall–Kier alpha value is -0.765. The Morgan fingerprint density at radius 1 is 1.33 bits per heavy atom. The number of carbonyl (C=O) groups excluding carboxylic acids is 1. The summed E-state index contributed by atoms with van der Waals surface area (Å²) in [6.45, 7) is 11.8. The summed E-state index contributed by atoms with van der Waals surface area (Å²) in [6.07, 6.45) is 2.49. The first-order valence-electron chi connectivity index (χ1n) is 5.77. The molecule has 0 spiro atoms. The number of amides is 1. The molecular weight excluding hydrogens is 187 g/mol. The zero-order valence-corrected chi connectivity index (χ0v) is 9.91. The fourth-order valence-corrected chi connectivity index (χ4v) is 2.02. The van der Waals surface area contributed by atoms with Crippen LogP contribution in [0, 0.1) is 0 Å². The molecule has 0 atom stereocenters. The van der Waals surface area contributed by atoms with Gasteiger partial charge in [0.05, 0.1) is 0 Å². The van der Waals surface area contributed by atoms with E-state index >= 15 is 0 Å². The lowest BCUT2D eigenvalue weighted by Gasteiger charge is -2.21. The molecule has 0 bridgehead atoms. The highest BCUT2D eigenvalue weighted by Gasteiger charge is 2.17. The molecule has 1 amide bonds. The van der Waals surface area contributed by atoms with Crippen molar-refractivity contribution in [1.82, 2.24) is 9.71 Å². The van der Waals surface area contributed by atoms with Crippen molar-refractivity contribution in [3.8, 4) is 0 Å². The van der Waals surface area contributed by atoms with Crippen LogP contribution in [0.4, 0.5) is 0 Å². The van der Waals surface area contributed by atoms with E-state index < -0.39 is 0 Å². The van der Waals surface area contributed by atoms with Crippen LogP contribution in [0.2, 0.25) is 5.82 Å². The van der Waals surface area contributed by atoms with E-state index in [1.165, 1.54) is 6.08 Å². The van der Waals surface area contributed by atoms with Crippen molar-refractivity contribution in [3.63, 3.8) is 0 Å². The van der Waals surface area contributed by atoms with E-state index in [1.54, 1.807) is 0 Å².